The average Bonchev–Trinajstić information content (AvgIpc) is 2.88. The van der Waals surface area contributed by atoms with Gasteiger partial charge in [-0.25, -0.2) is 12.8 Å². The van der Waals surface area contributed by atoms with Crippen molar-refractivity contribution in [1.82, 2.24) is 9.62 Å². The van der Waals surface area contributed by atoms with Gasteiger partial charge in [-0.2, -0.15) is 4.31 Å². The minimum Gasteiger partial charge on any atom is -0.384 e. The molecule has 2 saturated heterocycles. The standard InChI is InChI=1S/C16H23FN2O3S.ClH/c1-22-11-13-10-19(12-16(13)6-8-18-9-7-16)23(20,21)15-4-2-14(17)3-5-15;/h2-5,13,18H,6-12H2,1H3;1H. The predicted molar refractivity (Wildman–Crippen MR) is 92.3 cm³/mol. The molecule has 1 N–H and O–H groups in total. The number of piperidine rings is 1. The second-order valence-electron chi connectivity index (χ2n) is 6.52. The number of benzene rings is 1. The van der Waals surface area contributed by atoms with Crippen molar-refractivity contribution in [1.29, 1.82) is 0 Å². The van der Waals surface area contributed by atoms with Gasteiger partial charge in [0.2, 0.25) is 10.0 Å². The fraction of sp³-hybridized carbons (Fsp3) is 0.625. The summed E-state index contributed by atoms with van der Waals surface area (Å²) in [7, 11) is -1.93. The fourth-order valence-electron chi connectivity index (χ4n) is 3.84. The molecule has 3 rings (SSSR count). The highest BCUT2D eigenvalue weighted by Gasteiger charge is 2.50. The van der Waals surface area contributed by atoms with E-state index in [1.165, 1.54) is 24.3 Å². The molecule has 1 spiro atoms. The molecule has 0 radical (unpaired) electrons. The summed E-state index contributed by atoms with van der Waals surface area (Å²) < 4.78 is 45.7. The summed E-state index contributed by atoms with van der Waals surface area (Å²) in [5.74, 6) is -0.234. The highest BCUT2D eigenvalue weighted by Crippen LogP contribution is 2.45. The number of nitrogens with zero attached hydrogens (tertiary/aromatic N) is 1. The Bertz CT molecular complexity index is 648. The Morgan fingerprint density at radius 2 is 1.92 bits per heavy atom. The summed E-state index contributed by atoms with van der Waals surface area (Å²) in [6.07, 6.45) is 1.91. The molecule has 2 aliphatic heterocycles. The van der Waals surface area contributed by atoms with E-state index in [2.05, 4.69) is 5.32 Å². The molecule has 5 nitrogen and oxygen atoms in total. The Kier molecular flexibility index (Phi) is 6.25. The molecule has 2 aliphatic rings. The van der Waals surface area contributed by atoms with Gasteiger partial charge in [0.15, 0.2) is 0 Å². The van der Waals surface area contributed by atoms with Gasteiger partial charge in [0.1, 0.15) is 5.82 Å². The van der Waals surface area contributed by atoms with Crippen molar-refractivity contribution < 1.29 is 17.5 Å². The monoisotopic (exact) mass is 378 g/mol. The van der Waals surface area contributed by atoms with E-state index in [0.717, 1.165) is 25.9 Å². The summed E-state index contributed by atoms with van der Waals surface area (Å²) in [4.78, 5) is 0.154. The molecule has 0 saturated carbocycles. The van der Waals surface area contributed by atoms with Crippen LogP contribution in [0.25, 0.3) is 0 Å². The average molecular weight is 379 g/mol. The third-order valence-electron chi connectivity index (χ3n) is 5.20. The van der Waals surface area contributed by atoms with E-state index < -0.39 is 15.8 Å². The Morgan fingerprint density at radius 3 is 2.50 bits per heavy atom. The molecule has 0 amide bonds. The third-order valence-corrected chi connectivity index (χ3v) is 7.03. The van der Waals surface area contributed by atoms with E-state index in [9.17, 15) is 12.8 Å². The van der Waals surface area contributed by atoms with Crippen LogP contribution < -0.4 is 5.32 Å². The van der Waals surface area contributed by atoms with Crippen molar-refractivity contribution in [3.63, 3.8) is 0 Å². The zero-order valence-corrected chi connectivity index (χ0v) is 15.3. The maximum atomic E-state index is 13.1. The minimum absolute atomic E-state index is 0. The Morgan fingerprint density at radius 1 is 1.29 bits per heavy atom. The molecule has 2 heterocycles. The zero-order chi connectivity index (χ0) is 16.5. The molecule has 136 valence electrons. The number of hydrogen-bond donors (Lipinski definition) is 1. The van der Waals surface area contributed by atoms with Crippen LogP contribution in [0, 0.1) is 17.2 Å². The van der Waals surface area contributed by atoms with Crippen LogP contribution in [0.15, 0.2) is 29.2 Å². The molecule has 1 unspecified atom stereocenters. The van der Waals surface area contributed by atoms with E-state index in [-0.39, 0.29) is 28.6 Å². The van der Waals surface area contributed by atoms with Gasteiger partial charge in [-0.15, -0.1) is 12.4 Å². The van der Waals surface area contributed by atoms with E-state index in [1.807, 2.05) is 0 Å². The van der Waals surface area contributed by atoms with Crippen molar-refractivity contribution in [2.75, 3.05) is 39.9 Å². The highest BCUT2D eigenvalue weighted by atomic mass is 35.5. The molecule has 24 heavy (non-hydrogen) atoms. The van der Waals surface area contributed by atoms with Crippen LogP contribution in [0.2, 0.25) is 0 Å². The lowest BCUT2D eigenvalue weighted by Crippen LogP contribution is -2.43. The smallest absolute Gasteiger partial charge is 0.243 e. The highest BCUT2D eigenvalue weighted by molar-refractivity contribution is 7.89. The summed E-state index contributed by atoms with van der Waals surface area (Å²) in [5, 5.41) is 3.34. The van der Waals surface area contributed by atoms with Gasteiger partial charge in [0.05, 0.1) is 11.5 Å². The molecular weight excluding hydrogens is 355 g/mol. The van der Waals surface area contributed by atoms with Crippen LogP contribution in [0.1, 0.15) is 12.8 Å². The summed E-state index contributed by atoms with van der Waals surface area (Å²) in [6, 6.07) is 5.05. The molecular formula is C16H24ClFN2O3S. The second-order valence-corrected chi connectivity index (χ2v) is 8.45. The summed E-state index contributed by atoms with van der Waals surface area (Å²) >= 11 is 0. The largest absolute Gasteiger partial charge is 0.384 e. The lowest BCUT2D eigenvalue weighted by Gasteiger charge is -2.38. The predicted octanol–water partition coefficient (Wildman–Crippen LogP) is 1.88. The van der Waals surface area contributed by atoms with Gasteiger partial charge < -0.3 is 10.1 Å². The minimum atomic E-state index is -3.59. The number of halogens is 2. The number of hydrogen-bond acceptors (Lipinski definition) is 4. The number of sulfonamides is 1. The third kappa shape index (κ3) is 3.60. The molecule has 2 fully saturated rings. The van der Waals surface area contributed by atoms with E-state index in [4.69, 9.17) is 4.74 Å². The van der Waals surface area contributed by atoms with Gasteiger partial charge >= 0.3 is 0 Å². The van der Waals surface area contributed by atoms with Crippen LogP contribution in [-0.2, 0) is 14.8 Å². The topological polar surface area (TPSA) is 58.6 Å². The maximum absolute atomic E-state index is 13.1. The van der Waals surface area contributed by atoms with E-state index in [1.54, 1.807) is 11.4 Å². The van der Waals surface area contributed by atoms with Crippen LogP contribution in [0.5, 0.6) is 0 Å². The van der Waals surface area contributed by atoms with Crippen LogP contribution in [-0.4, -0.2) is 52.6 Å². The first kappa shape index (κ1) is 19.6. The van der Waals surface area contributed by atoms with Crippen molar-refractivity contribution in [3.8, 4) is 0 Å². The first-order valence-corrected chi connectivity index (χ1v) is 9.37. The fourth-order valence-corrected chi connectivity index (χ4v) is 5.43. The van der Waals surface area contributed by atoms with Crippen molar-refractivity contribution in [2.45, 2.75) is 17.7 Å². The van der Waals surface area contributed by atoms with Crippen molar-refractivity contribution in [2.24, 2.45) is 11.3 Å². The molecule has 1 aromatic carbocycles. The number of nitrogens with one attached hydrogen (secondary N) is 1. The maximum Gasteiger partial charge on any atom is 0.243 e. The number of rotatable bonds is 4. The Labute approximate surface area is 149 Å². The molecule has 1 aromatic rings. The molecule has 0 aliphatic carbocycles. The zero-order valence-electron chi connectivity index (χ0n) is 13.7. The van der Waals surface area contributed by atoms with Gasteiger partial charge in [-0.3, -0.25) is 0 Å². The van der Waals surface area contributed by atoms with Crippen LogP contribution in [0.3, 0.4) is 0 Å². The quantitative estimate of drug-likeness (QED) is 0.869. The Balaban J connectivity index is 0.00000208. The lowest BCUT2D eigenvalue weighted by molar-refractivity contribution is 0.0718. The molecule has 0 bridgehead atoms. The SMILES string of the molecule is COCC1CN(S(=O)(=O)c2ccc(F)cc2)CC12CCNCC2.Cl. The number of methoxy groups -OCH3 is 1. The lowest BCUT2D eigenvalue weighted by atomic mass is 9.71. The summed E-state index contributed by atoms with van der Waals surface area (Å²) in [6.45, 7) is 3.36. The first-order chi connectivity index (χ1) is 11.0. The normalized spacial score (nSPS) is 24.0. The van der Waals surface area contributed by atoms with E-state index in [0.29, 0.717) is 19.7 Å². The molecule has 1 atom stereocenters. The number of ether oxygens (including phenoxy) is 1. The summed E-state index contributed by atoms with van der Waals surface area (Å²) in [5.41, 5.74) is -0.0195. The van der Waals surface area contributed by atoms with E-state index >= 15 is 0 Å². The first-order valence-electron chi connectivity index (χ1n) is 7.93. The Hall–Kier alpha value is -0.730. The second kappa shape index (κ2) is 7.66. The van der Waals surface area contributed by atoms with Crippen LogP contribution in [0.4, 0.5) is 4.39 Å². The van der Waals surface area contributed by atoms with Gasteiger partial charge in [0.25, 0.3) is 0 Å². The van der Waals surface area contributed by atoms with Crippen molar-refractivity contribution >= 4 is 22.4 Å². The molecule has 8 heteroatoms. The van der Waals surface area contributed by atoms with Gasteiger partial charge in [-0.05, 0) is 55.6 Å². The molecule has 0 aromatic heterocycles. The van der Waals surface area contributed by atoms with Crippen LogP contribution >= 0.6 is 12.4 Å². The van der Waals surface area contributed by atoms with Gasteiger partial charge in [0, 0.05) is 26.1 Å². The van der Waals surface area contributed by atoms with Crippen molar-refractivity contribution in [3.05, 3.63) is 30.1 Å². The van der Waals surface area contributed by atoms with Gasteiger partial charge in [-0.1, -0.05) is 0 Å².